The largest absolute Gasteiger partial charge is 0.338 e. The van der Waals surface area contributed by atoms with Crippen molar-refractivity contribution in [1.82, 2.24) is 24.5 Å². The van der Waals surface area contributed by atoms with Gasteiger partial charge in [-0.05, 0) is 49.4 Å². The molecule has 3 aromatic rings. The van der Waals surface area contributed by atoms with Gasteiger partial charge >= 0.3 is 0 Å². The Morgan fingerprint density at radius 3 is 2.54 bits per heavy atom. The highest BCUT2D eigenvalue weighted by atomic mass is 19.3. The molecule has 7 nitrogen and oxygen atoms in total. The van der Waals surface area contributed by atoms with Crippen LogP contribution in [0.2, 0.25) is 0 Å². The van der Waals surface area contributed by atoms with E-state index in [1.165, 1.54) is 25.0 Å². The van der Waals surface area contributed by atoms with E-state index in [1.54, 1.807) is 23.9 Å². The first-order valence-electron chi connectivity index (χ1n) is 13.4. The highest BCUT2D eigenvalue weighted by Gasteiger charge is 2.35. The Labute approximate surface area is 216 Å². The molecule has 0 spiro atoms. The summed E-state index contributed by atoms with van der Waals surface area (Å²) in [5, 5.41) is 9.45. The number of carbonyl (C=O) groups excluding carboxylic acids is 1. The molecule has 0 radical (unpaired) electrons. The summed E-state index contributed by atoms with van der Waals surface area (Å²) in [5.41, 5.74) is 6.32. The predicted octanol–water partition coefficient (Wildman–Crippen LogP) is 5.63. The number of carbonyl (C=O) groups is 1. The minimum Gasteiger partial charge on any atom is -0.338 e. The van der Waals surface area contributed by atoms with Crippen LogP contribution in [0.4, 0.5) is 20.3 Å². The Balaban J connectivity index is 1.45. The molecule has 1 amide bonds. The second kappa shape index (κ2) is 9.26. The molecule has 1 saturated carbocycles. The zero-order chi connectivity index (χ0) is 25.8. The normalized spacial score (nSPS) is 18.0. The van der Waals surface area contributed by atoms with E-state index in [0.29, 0.717) is 31.2 Å². The van der Waals surface area contributed by atoms with Gasteiger partial charge in [-0.1, -0.05) is 19.3 Å². The summed E-state index contributed by atoms with van der Waals surface area (Å²) >= 11 is 0. The maximum absolute atomic E-state index is 14.4. The smallest absolute Gasteiger partial charge is 0.264 e. The van der Waals surface area contributed by atoms with Gasteiger partial charge in [-0.25, -0.2) is 8.78 Å². The molecular weight excluding hydrogens is 474 g/mol. The fourth-order valence-electron chi connectivity index (χ4n) is 6.39. The van der Waals surface area contributed by atoms with Crippen molar-refractivity contribution in [2.45, 2.75) is 77.8 Å². The van der Waals surface area contributed by atoms with E-state index in [2.05, 4.69) is 14.7 Å². The lowest BCUT2D eigenvalue weighted by atomic mass is 9.95. The van der Waals surface area contributed by atoms with Crippen LogP contribution in [-0.4, -0.2) is 43.5 Å². The molecular formula is C28H34F2N6O. The number of amides is 1. The molecule has 0 saturated heterocycles. The van der Waals surface area contributed by atoms with Gasteiger partial charge in [0.2, 0.25) is 5.91 Å². The molecule has 1 aromatic carbocycles. The second-order valence-corrected chi connectivity index (χ2v) is 10.7. The predicted molar refractivity (Wildman–Crippen MR) is 138 cm³/mol. The molecule has 2 aromatic heterocycles. The van der Waals surface area contributed by atoms with Gasteiger partial charge in [0, 0.05) is 67.2 Å². The van der Waals surface area contributed by atoms with E-state index < -0.39 is 6.43 Å². The van der Waals surface area contributed by atoms with Crippen LogP contribution in [0.5, 0.6) is 0 Å². The molecule has 37 heavy (non-hydrogen) atoms. The van der Waals surface area contributed by atoms with E-state index in [-0.39, 0.29) is 11.5 Å². The van der Waals surface area contributed by atoms with Gasteiger partial charge in [0.1, 0.15) is 0 Å². The summed E-state index contributed by atoms with van der Waals surface area (Å²) in [6, 6.07) is 3.95. The summed E-state index contributed by atoms with van der Waals surface area (Å²) in [7, 11) is 1.83. The lowest BCUT2D eigenvalue weighted by Gasteiger charge is -2.29. The number of aryl methyl sites for hydroxylation is 1. The van der Waals surface area contributed by atoms with E-state index in [0.717, 1.165) is 59.6 Å². The van der Waals surface area contributed by atoms with Crippen LogP contribution in [0.15, 0.2) is 18.3 Å². The minimum absolute atomic E-state index is 0.0210. The fourth-order valence-corrected chi connectivity index (χ4v) is 6.39. The third kappa shape index (κ3) is 4.03. The first-order valence-corrected chi connectivity index (χ1v) is 13.4. The van der Waals surface area contributed by atoms with Crippen LogP contribution < -0.4 is 4.90 Å². The number of fused-ring (bicyclic) bond motifs is 2. The Morgan fingerprint density at radius 1 is 1.08 bits per heavy atom. The first-order chi connectivity index (χ1) is 17.8. The SMILES string of the molecule is CC(=O)N1CCc2c(c(N3CCc4cc(-c5cnn(C)c5C)c(C(F)F)cc43)nn2C2CCCCC2)C1. The Kier molecular flexibility index (Phi) is 6.04. The molecule has 3 aliphatic rings. The highest BCUT2D eigenvalue weighted by Crippen LogP contribution is 2.45. The molecule has 0 unspecified atom stereocenters. The standard InChI is InChI=1S/C28H34F2N6O/c1-17-23(15-31-33(17)3)21-13-19-9-12-35(26(19)14-22(21)27(29)30)28-24-16-34(18(2)37)11-10-25(24)36(32-28)20-7-5-4-6-8-20/h13-15,20,27H,4-12,16H2,1-3H3. The Morgan fingerprint density at radius 2 is 1.86 bits per heavy atom. The molecule has 0 atom stereocenters. The lowest BCUT2D eigenvalue weighted by Crippen LogP contribution is -2.35. The van der Waals surface area contributed by atoms with Gasteiger partial charge in [0.15, 0.2) is 5.82 Å². The van der Waals surface area contributed by atoms with Gasteiger partial charge in [0.05, 0.1) is 18.8 Å². The number of hydrogen-bond acceptors (Lipinski definition) is 4. The molecule has 1 fully saturated rings. The van der Waals surface area contributed by atoms with Crippen LogP contribution in [0.1, 0.15) is 79.6 Å². The minimum atomic E-state index is -2.61. The van der Waals surface area contributed by atoms with Crippen molar-refractivity contribution in [3.63, 3.8) is 0 Å². The molecule has 1 aliphatic carbocycles. The summed E-state index contributed by atoms with van der Waals surface area (Å²) in [6.45, 7) is 5.41. The number of alkyl halides is 2. The van der Waals surface area contributed by atoms with Crippen LogP contribution in [0, 0.1) is 6.92 Å². The third-order valence-electron chi connectivity index (χ3n) is 8.59. The van der Waals surface area contributed by atoms with Crippen molar-refractivity contribution >= 4 is 17.4 Å². The molecule has 0 bridgehead atoms. The van der Waals surface area contributed by atoms with Crippen LogP contribution in [0.25, 0.3) is 11.1 Å². The van der Waals surface area contributed by atoms with Crippen molar-refractivity contribution in [2.75, 3.05) is 18.0 Å². The van der Waals surface area contributed by atoms with E-state index in [1.807, 2.05) is 24.9 Å². The van der Waals surface area contributed by atoms with Crippen molar-refractivity contribution in [1.29, 1.82) is 0 Å². The maximum atomic E-state index is 14.4. The van der Waals surface area contributed by atoms with Gasteiger partial charge in [-0.3, -0.25) is 14.2 Å². The molecule has 2 aliphatic heterocycles. The number of halogens is 2. The van der Waals surface area contributed by atoms with E-state index in [9.17, 15) is 13.6 Å². The zero-order valence-electron chi connectivity index (χ0n) is 21.8. The molecule has 196 valence electrons. The van der Waals surface area contributed by atoms with Gasteiger partial charge < -0.3 is 9.80 Å². The number of rotatable bonds is 4. The highest BCUT2D eigenvalue weighted by molar-refractivity contribution is 5.79. The van der Waals surface area contributed by atoms with Gasteiger partial charge in [0.25, 0.3) is 6.43 Å². The van der Waals surface area contributed by atoms with Crippen LogP contribution >= 0.6 is 0 Å². The zero-order valence-corrected chi connectivity index (χ0v) is 21.8. The van der Waals surface area contributed by atoms with Crippen LogP contribution in [0.3, 0.4) is 0 Å². The van der Waals surface area contributed by atoms with Crippen molar-refractivity contribution in [2.24, 2.45) is 7.05 Å². The van der Waals surface area contributed by atoms with Crippen molar-refractivity contribution in [3.8, 4) is 11.1 Å². The summed E-state index contributed by atoms with van der Waals surface area (Å²) in [6.07, 6.45) is 6.50. The number of benzene rings is 1. The molecule has 6 rings (SSSR count). The number of anilines is 2. The number of aromatic nitrogens is 4. The van der Waals surface area contributed by atoms with Gasteiger partial charge in [-0.15, -0.1) is 0 Å². The summed E-state index contributed by atoms with van der Waals surface area (Å²) < 4.78 is 32.7. The van der Waals surface area contributed by atoms with Crippen molar-refractivity contribution < 1.29 is 13.6 Å². The van der Waals surface area contributed by atoms with Crippen LogP contribution in [-0.2, 0) is 31.2 Å². The lowest BCUT2D eigenvalue weighted by molar-refractivity contribution is -0.129. The monoisotopic (exact) mass is 508 g/mol. The van der Waals surface area contributed by atoms with Crippen molar-refractivity contribution in [3.05, 3.63) is 46.4 Å². The van der Waals surface area contributed by atoms with Gasteiger partial charge in [-0.2, -0.15) is 10.2 Å². The first kappa shape index (κ1) is 24.1. The second-order valence-electron chi connectivity index (χ2n) is 10.7. The third-order valence-corrected chi connectivity index (χ3v) is 8.59. The Hall–Kier alpha value is -3.23. The number of nitrogens with zero attached hydrogens (tertiary/aromatic N) is 6. The summed E-state index contributed by atoms with van der Waals surface area (Å²) in [4.78, 5) is 16.2. The number of hydrogen-bond donors (Lipinski definition) is 0. The molecule has 9 heteroatoms. The quantitative estimate of drug-likeness (QED) is 0.458. The van der Waals surface area contributed by atoms with E-state index in [4.69, 9.17) is 5.10 Å². The Bertz CT molecular complexity index is 1350. The molecule has 0 N–H and O–H groups in total. The molecule has 4 heterocycles. The summed E-state index contributed by atoms with van der Waals surface area (Å²) in [5.74, 6) is 0.885. The van der Waals surface area contributed by atoms with E-state index >= 15 is 0 Å². The fraction of sp³-hybridized carbons (Fsp3) is 0.536. The topological polar surface area (TPSA) is 59.2 Å². The average Bonchev–Trinajstić information content (AvgIpc) is 3.58. The average molecular weight is 509 g/mol. The maximum Gasteiger partial charge on any atom is 0.264 e.